The van der Waals surface area contributed by atoms with Gasteiger partial charge in [-0.15, -0.1) is 0 Å². The van der Waals surface area contributed by atoms with Crippen molar-refractivity contribution in [3.63, 3.8) is 0 Å². The van der Waals surface area contributed by atoms with E-state index in [9.17, 15) is 18.4 Å². The lowest BCUT2D eigenvalue weighted by Gasteiger charge is -2.33. The first kappa shape index (κ1) is 15.9. The molecule has 2 amide bonds. The molecule has 1 unspecified atom stereocenters. The Hall–Kier alpha value is -2.96. The van der Waals surface area contributed by atoms with Gasteiger partial charge in [-0.3, -0.25) is 9.59 Å². The maximum absolute atomic E-state index is 13.7. The van der Waals surface area contributed by atoms with Crippen molar-refractivity contribution in [2.75, 3.05) is 10.6 Å². The molecule has 0 radical (unpaired) electrons. The lowest BCUT2D eigenvalue weighted by molar-refractivity contribution is -0.143. The van der Waals surface area contributed by atoms with E-state index in [1.807, 2.05) is 6.92 Å². The summed E-state index contributed by atoms with van der Waals surface area (Å²) in [5.74, 6) is -2.82. The molecule has 0 saturated heterocycles. The van der Waals surface area contributed by atoms with Crippen LogP contribution < -0.4 is 15.4 Å². The first-order chi connectivity index (χ1) is 11.3. The third-order valence-electron chi connectivity index (χ3n) is 3.74. The molecule has 0 spiro atoms. The highest BCUT2D eigenvalue weighted by Gasteiger charge is 2.47. The lowest BCUT2D eigenvalue weighted by atomic mass is 10.0. The first-order valence-corrected chi connectivity index (χ1v) is 7.17. The van der Waals surface area contributed by atoms with E-state index in [2.05, 4.69) is 10.6 Å². The topological polar surface area (TPSA) is 67.4 Å². The van der Waals surface area contributed by atoms with Gasteiger partial charge in [0.25, 0.3) is 17.4 Å². The molecule has 0 aromatic heterocycles. The Balaban J connectivity index is 1.90. The molecular weight excluding hydrogens is 318 g/mol. The smallest absolute Gasteiger partial charge is 0.278 e. The summed E-state index contributed by atoms with van der Waals surface area (Å²) in [6.45, 7) is 3.11. The van der Waals surface area contributed by atoms with E-state index in [-0.39, 0.29) is 5.69 Å². The van der Waals surface area contributed by atoms with Gasteiger partial charge in [0.15, 0.2) is 0 Å². The zero-order chi connectivity index (χ0) is 17.5. The number of hydrogen-bond acceptors (Lipinski definition) is 3. The fraction of sp³-hybridized carbons (Fsp3) is 0.176. The normalized spacial score (nSPS) is 19.1. The predicted octanol–water partition coefficient (Wildman–Crippen LogP) is 3.00. The molecule has 3 rings (SSSR count). The van der Waals surface area contributed by atoms with Gasteiger partial charge in [-0.25, -0.2) is 8.78 Å². The van der Waals surface area contributed by atoms with Crippen LogP contribution in [0.2, 0.25) is 0 Å². The van der Waals surface area contributed by atoms with Crippen LogP contribution in [0, 0.1) is 18.6 Å². The fourth-order valence-corrected chi connectivity index (χ4v) is 2.32. The van der Waals surface area contributed by atoms with E-state index in [0.717, 1.165) is 23.8 Å². The summed E-state index contributed by atoms with van der Waals surface area (Å²) in [7, 11) is 0. The van der Waals surface area contributed by atoms with Crippen molar-refractivity contribution in [1.82, 2.24) is 0 Å². The van der Waals surface area contributed by atoms with Crippen LogP contribution in [0.25, 0.3) is 0 Å². The molecular formula is C17H14F2N2O3. The quantitative estimate of drug-likeness (QED) is 0.831. The van der Waals surface area contributed by atoms with Crippen LogP contribution in [0.5, 0.6) is 5.75 Å². The minimum absolute atomic E-state index is 0.317. The van der Waals surface area contributed by atoms with E-state index >= 15 is 0 Å². The molecule has 2 N–H and O–H groups in total. The summed E-state index contributed by atoms with van der Waals surface area (Å²) in [6.07, 6.45) is 0. The Morgan fingerprint density at radius 2 is 1.96 bits per heavy atom. The summed E-state index contributed by atoms with van der Waals surface area (Å²) in [4.78, 5) is 24.8. The van der Waals surface area contributed by atoms with Crippen molar-refractivity contribution in [1.29, 1.82) is 0 Å². The molecule has 124 valence electrons. The maximum Gasteiger partial charge on any atom is 0.278 e. The number of hydrogen-bond donors (Lipinski definition) is 2. The van der Waals surface area contributed by atoms with Crippen molar-refractivity contribution in [3.8, 4) is 5.75 Å². The van der Waals surface area contributed by atoms with Gasteiger partial charge in [0.2, 0.25) is 0 Å². The van der Waals surface area contributed by atoms with Gasteiger partial charge in [-0.1, -0.05) is 6.07 Å². The number of benzene rings is 2. The van der Waals surface area contributed by atoms with Gasteiger partial charge >= 0.3 is 0 Å². The highest BCUT2D eigenvalue weighted by atomic mass is 19.1. The molecule has 5 nitrogen and oxygen atoms in total. The SMILES string of the molecule is Cc1ccc2c(c1)NC(=O)C(C)(C(=O)Nc1cc(F)ccc1F)O2. The summed E-state index contributed by atoms with van der Waals surface area (Å²) >= 11 is 0. The molecule has 7 heteroatoms. The molecule has 1 atom stereocenters. The summed E-state index contributed by atoms with van der Waals surface area (Å²) < 4.78 is 32.4. The largest absolute Gasteiger partial charge is 0.466 e. The number of ether oxygens (including phenoxy) is 1. The Kier molecular flexibility index (Phi) is 3.71. The highest BCUT2D eigenvalue weighted by Crippen LogP contribution is 2.35. The van der Waals surface area contributed by atoms with Crippen LogP contribution in [0.3, 0.4) is 0 Å². The molecule has 0 bridgehead atoms. The number of nitrogens with one attached hydrogen (secondary N) is 2. The van der Waals surface area contributed by atoms with Crippen LogP contribution in [0.4, 0.5) is 20.2 Å². The van der Waals surface area contributed by atoms with Crippen LogP contribution in [-0.4, -0.2) is 17.4 Å². The minimum atomic E-state index is -1.92. The highest BCUT2D eigenvalue weighted by molar-refractivity contribution is 6.19. The van der Waals surface area contributed by atoms with Gasteiger partial charge in [0.1, 0.15) is 17.4 Å². The van der Waals surface area contributed by atoms with E-state index in [1.54, 1.807) is 18.2 Å². The predicted molar refractivity (Wildman–Crippen MR) is 83.8 cm³/mol. The Bertz CT molecular complexity index is 854. The summed E-state index contributed by atoms with van der Waals surface area (Å²) in [5.41, 5.74) is -0.928. The van der Waals surface area contributed by atoms with E-state index in [4.69, 9.17) is 4.74 Å². The number of anilines is 2. The number of halogens is 2. The number of rotatable bonds is 2. The van der Waals surface area contributed by atoms with Gasteiger partial charge in [0.05, 0.1) is 11.4 Å². The monoisotopic (exact) mass is 332 g/mol. The average Bonchev–Trinajstić information content (AvgIpc) is 2.52. The van der Waals surface area contributed by atoms with Gasteiger partial charge in [-0.05, 0) is 43.7 Å². The zero-order valence-corrected chi connectivity index (χ0v) is 12.9. The van der Waals surface area contributed by atoms with Crippen LogP contribution in [0.15, 0.2) is 36.4 Å². The second-order valence-electron chi connectivity index (χ2n) is 5.67. The molecule has 2 aromatic rings. The van der Waals surface area contributed by atoms with Crippen LogP contribution in [-0.2, 0) is 9.59 Å². The van der Waals surface area contributed by atoms with E-state index in [1.165, 1.54) is 6.92 Å². The van der Waals surface area contributed by atoms with Gasteiger partial charge in [0, 0.05) is 6.07 Å². The third-order valence-corrected chi connectivity index (χ3v) is 3.74. The minimum Gasteiger partial charge on any atom is -0.466 e. The van der Waals surface area contributed by atoms with Crippen LogP contribution in [0.1, 0.15) is 12.5 Å². The molecule has 24 heavy (non-hydrogen) atoms. The van der Waals surface area contributed by atoms with Crippen molar-refractivity contribution in [2.24, 2.45) is 0 Å². The standard InChI is InChI=1S/C17H14F2N2O3/c1-9-3-6-14-13(7-9)21-16(23)17(2,24-14)15(22)20-12-8-10(18)4-5-11(12)19/h3-8H,1-2H3,(H,20,22)(H,21,23). The van der Waals surface area contributed by atoms with E-state index in [0.29, 0.717) is 11.4 Å². The van der Waals surface area contributed by atoms with E-state index < -0.39 is 29.0 Å². The van der Waals surface area contributed by atoms with Crippen molar-refractivity contribution >= 4 is 23.2 Å². The lowest BCUT2D eigenvalue weighted by Crippen LogP contribution is -2.56. The molecule has 1 aliphatic heterocycles. The molecule has 0 saturated carbocycles. The number of aryl methyl sites for hydroxylation is 1. The van der Waals surface area contributed by atoms with Crippen molar-refractivity contribution in [2.45, 2.75) is 19.4 Å². The first-order valence-electron chi connectivity index (χ1n) is 7.17. The average molecular weight is 332 g/mol. The Labute approximate surface area is 136 Å². The third kappa shape index (κ3) is 2.68. The number of amides is 2. The van der Waals surface area contributed by atoms with Gasteiger partial charge in [-0.2, -0.15) is 0 Å². The zero-order valence-electron chi connectivity index (χ0n) is 12.9. The Morgan fingerprint density at radius 1 is 1.21 bits per heavy atom. The molecule has 0 fully saturated rings. The number of carbonyl (C=O) groups is 2. The summed E-state index contributed by atoms with van der Waals surface area (Å²) in [5, 5.41) is 4.79. The molecule has 1 heterocycles. The van der Waals surface area contributed by atoms with Crippen molar-refractivity contribution in [3.05, 3.63) is 53.6 Å². The van der Waals surface area contributed by atoms with Gasteiger partial charge < -0.3 is 15.4 Å². The Morgan fingerprint density at radius 3 is 2.71 bits per heavy atom. The van der Waals surface area contributed by atoms with Crippen LogP contribution >= 0.6 is 0 Å². The fourth-order valence-electron chi connectivity index (χ4n) is 2.32. The van der Waals surface area contributed by atoms with Crippen molar-refractivity contribution < 1.29 is 23.1 Å². The molecule has 2 aromatic carbocycles. The maximum atomic E-state index is 13.7. The number of fused-ring (bicyclic) bond motifs is 1. The summed E-state index contributed by atoms with van der Waals surface area (Å²) in [6, 6.07) is 7.73. The second-order valence-corrected chi connectivity index (χ2v) is 5.67. The molecule has 0 aliphatic carbocycles. The number of carbonyl (C=O) groups excluding carboxylic acids is 2. The molecule has 1 aliphatic rings. The second kappa shape index (κ2) is 5.59.